The van der Waals surface area contributed by atoms with Crippen LogP contribution in [0.5, 0.6) is 5.88 Å². The Balaban J connectivity index is 1.56. The summed E-state index contributed by atoms with van der Waals surface area (Å²) < 4.78 is 18.6. The van der Waals surface area contributed by atoms with Crippen LogP contribution in [0.1, 0.15) is 24.3 Å². The molecule has 0 fully saturated rings. The van der Waals surface area contributed by atoms with Gasteiger partial charge in [-0.1, -0.05) is 12.1 Å². The van der Waals surface area contributed by atoms with Gasteiger partial charge in [0.15, 0.2) is 0 Å². The first-order valence-corrected chi connectivity index (χ1v) is 10.2. The lowest BCUT2D eigenvalue weighted by atomic mass is 10.1. The quantitative estimate of drug-likeness (QED) is 0.453. The van der Waals surface area contributed by atoms with Gasteiger partial charge in [-0.15, -0.1) is 0 Å². The molecule has 4 aromatic rings. The summed E-state index contributed by atoms with van der Waals surface area (Å²) in [6.45, 7) is 4.17. The lowest BCUT2D eigenvalue weighted by molar-refractivity contribution is 0.102. The predicted octanol–water partition coefficient (Wildman–Crippen LogP) is 4.87. The van der Waals surface area contributed by atoms with Gasteiger partial charge in [0.1, 0.15) is 11.5 Å². The zero-order chi connectivity index (χ0) is 22.8. The Labute approximate surface area is 185 Å². The minimum Gasteiger partial charge on any atom is -0.481 e. The van der Waals surface area contributed by atoms with Gasteiger partial charge >= 0.3 is 0 Å². The Morgan fingerprint density at radius 2 is 1.84 bits per heavy atom. The first-order valence-electron chi connectivity index (χ1n) is 10.2. The number of ether oxygens (including phenoxy) is 1. The number of rotatable bonds is 6. The van der Waals surface area contributed by atoms with E-state index < -0.39 is 0 Å². The smallest absolute Gasteiger partial charge is 0.274 e. The van der Waals surface area contributed by atoms with Crippen molar-refractivity contribution in [2.45, 2.75) is 19.9 Å². The number of carbonyl (C=O) groups is 1. The molecular formula is C24H24FN5O2. The topological polar surface area (TPSA) is 83.1 Å². The van der Waals surface area contributed by atoms with Crippen molar-refractivity contribution in [3.63, 3.8) is 0 Å². The second-order valence-corrected chi connectivity index (χ2v) is 7.71. The van der Waals surface area contributed by atoms with Crippen molar-refractivity contribution in [1.82, 2.24) is 15.0 Å². The van der Waals surface area contributed by atoms with Crippen molar-refractivity contribution in [2.75, 3.05) is 24.4 Å². The van der Waals surface area contributed by atoms with Crippen LogP contribution in [0.15, 0.2) is 54.6 Å². The van der Waals surface area contributed by atoms with Gasteiger partial charge in [-0.05, 0) is 61.9 Å². The molecule has 2 N–H and O–H groups in total. The van der Waals surface area contributed by atoms with Crippen LogP contribution in [0.4, 0.5) is 16.0 Å². The molecule has 1 amide bonds. The molecule has 2 aromatic heterocycles. The first kappa shape index (κ1) is 21.3. The highest BCUT2D eigenvalue weighted by Gasteiger charge is 2.15. The SMILES string of the molecule is COc1nc(C(=O)Nc2ccc3nc(N(C)C(C)C)[nH]c3c2)ccc1-c1ccc(F)cc1. The van der Waals surface area contributed by atoms with Crippen LogP contribution in [-0.4, -0.2) is 41.1 Å². The predicted molar refractivity (Wildman–Crippen MR) is 124 cm³/mol. The number of anilines is 2. The maximum atomic E-state index is 13.2. The van der Waals surface area contributed by atoms with Gasteiger partial charge in [-0.3, -0.25) is 4.79 Å². The number of halogens is 1. The molecule has 0 radical (unpaired) electrons. The minimum atomic E-state index is -0.368. The Kier molecular flexibility index (Phi) is 5.77. The Morgan fingerprint density at radius 3 is 2.53 bits per heavy atom. The Morgan fingerprint density at radius 1 is 1.09 bits per heavy atom. The Hall–Kier alpha value is -3.94. The third-order valence-electron chi connectivity index (χ3n) is 5.28. The van der Waals surface area contributed by atoms with Crippen LogP contribution in [-0.2, 0) is 0 Å². The summed E-state index contributed by atoms with van der Waals surface area (Å²) >= 11 is 0. The molecule has 0 aliphatic heterocycles. The number of hydrogen-bond acceptors (Lipinski definition) is 5. The van der Waals surface area contributed by atoms with Gasteiger partial charge < -0.3 is 19.9 Å². The molecule has 0 bridgehead atoms. The molecule has 32 heavy (non-hydrogen) atoms. The number of nitrogens with zero attached hydrogens (tertiary/aromatic N) is 3. The van der Waals surface area contributed by atoms with Gasteiger partial charge in [0.2, 0.25) is 11.8 Å². The summed E-state index contributed by atoms with van der Waals surface area (Å²) in [6.07, 6.45) is 0. The van der Waals surface area contributed by atoms with Crippen LogP contribution >= 0.6 is 0 Å². The molecule has 2 heterocycles. The molecule has 164 valence electrons. The molecule has 0 saturated carbocycles. The molecule has 0 unspecified atom stereocenters. The zero-order valence-corrected chi connectivity index (χ0v) is 18.3. The molecule has 0 aliphatic carbocycles. The van der Waals surface area contributed by atoms with Gasteiger partial charge in [-0.2, -0.15) is 0 Å². The minimum absolute atomic E-state index is 0.206. The standard InChI is InChI=1S/C24H24FN5O2/c1-14(2)30(3)24-28-19-11-9-17(13-21(19)29-24)26-22(31)20-12-10-18(23(27-20)32-4)15-5-7-16(25)8-6-15/h5-14H,1-4H3,(H,26,31)(H,28,29). The number of H-pyrrole nitrogens is 1. The number of carbonyl (C=O) groups excluding carboxylic acids is 1. The van der Waals surface area contributed by atoms with E-state index in [0.29, 0.717) is 17.3 Å². The van der Waals surface area contributed by atoms with Gasteiger partial charge in [0, 0.05) is 24.3 Å². The third-order valence-corrected chi connectivity index (χ3v) is 5.28. The highest BCUT2D eigenvalue weighted by molar-refractivity contribution is 6.04. The van der Waals surface area contributed by atoms with Crippen LogP contribution in [0.2, 0.25) is 0 Å². The Bertz CT molecular complexity index is 1270. The normalized spacial score (nSPS) is 11.1. The van der Waals surface area contributed by atoms with E-state index in [1.165, 1.54) is 19.2 Å². The molecule has 4 rings (SSSR count). The lowest BCUT2D eigenvalue weighted by Crippen LogP contribution is -2.26. The van der Waals surface area contributed by atoms with E-state index in [0.717, 1.165) is 22.5 Å². The molecule has 8 heteroatoms. The fourth-order valence-electron chi connectivity index (χ4n) is 3.25. The number of aromatic amines is 1. The first-order chi connectivity index (χ1) is 15.4. The van der Waals surface area contributed by atoms with E-state index >= 15 is 0 Å². The van der Waals surface area contributed by atoms with E-state index in [2.05, 4.69) is 34.1 Å². The highest BCUT2D eigenvalue weighted by Crippen LogP contribution is 2.29. The number of hydrogen-bond donors (Lipinski definition) is 2. The molecular weight excluding hydrogens is 409 g/mol. The number of benzene rings is 2. The molecule has 2 aromatic carbocycles. The maximum Gasteiger partial charge on any atom is 0.274 e. The van der Waals surface area contributed by atoms with Crippen molar-refractivity contribution in [1.29, 1.82) is 0 Å². The summed E-state index contributed by atoms with van der Waals surface area (Å²) in [4.78, 5) is 27.0. The van der Waals surface area contributed by atoms with Crippen LogP contribution < -0.4 is 15.0 Å². The average Bonchev–Trinajstić information content (AvgIpc) is 3.22. The van der Waals surface area contributed by atoms with Crippen LogP contribution in [0, 0.1) is 5.82 Å². The summed E-state index contributed by atoms with van der Waals surface area (Å²) in [5.74, 6) is 0.358. The lowest BCUT2D eigenvalue weighted by Gasteiger charge is -2.19. The summed E-state index contributed by atoms with van der Waals surface area (Å²) in [6, 6.07) is 15.1. The van der Waals surface area contributed by atoms with Crippen molar-refractivity contribution >= 4 is 28.6 Å². The van der Waals surface area contributed by atoms with Crippen molar-refractivity contribution in [3.8, 4) is 17.0 Å². The van der Waals surface area contributed by atoms with E-state index in [1.807, 2.05) is 24.1 Å². The van der Waals surface area contributed by atoms with Gasteiger partial charge in [0.05, 0.1) is 18.1 Å². The summed E-state index contributed by atoms with van der Waals surface area (Å²) in [5.41, 5.74) is 3.88. The molecule has 7 nitrogen and oxygen atoms in total. The van der Waals surface area contributed by atoms with Crippen LogP contribution in [0.25, 0.3) is 22.2 Å². The van der Waals surface area contributed by atoms with E-state index in [9.17, 15) is 9.18 Å². The van der Waals surface area contributed by atoms with Crippen LogP contribution in [0.3, 0.4) is 0 Å². The van der Waals surface area contributed by atoms with Crippen molar-refractivity contribution in [3.05, 3.63) is 66.1 Å². The summed E-state index contributed by atoms with van der Waals surface area (Å²) in [5, 5.41) is 2.86. The number of fused-ring (bicyclic) bond motifs is 1. The van der Waals surface area contributed by atoms with Crippen molar-refractivity contribution < 1.29 is 13.9 Å². The molecule has 0 spiro atoms. The summed E-state index contributed by atoms with van der Waals surface area (Å²) in [7, 11) is 3.45. The molecule has 0 saturated heterocycles. The van der Waals surface area contributed by atoms with E-state index in [4.69, 9.17) is 4.74 Å². The second kappa shape index (κ2) is 8.66. The van der Waals surface area contributed by atoms with Gasteiger partial charge in [-0.25, -0.2) is 14.4 Å². The number of nitrogens with one attached hydrogen (secondary N) is 2. The second-order valence-electron chi connectivity index (χ2n) is 7.71. The number of pyridine rings is 1. The zero-order valence-electron chi connectivity index (χ0n) is 18.3. The third kappa shape index (κ3) is 4.25. The number of methoxy groups -OCH3 is 1. The number of amides is 1. The molecule has 0 atom stereocenters. The van der Waals surface area contributed by atoms with Gasteiger partial charge in [0.25, 0.3) is 5.91 Å². The van der Waals surface area contributed by atoms with E-state index in [-0.39, 0.29) is 23.3 Å². The monoisotopic (exact) mass is 433 g/mol. The molecule has 0 aliphatic rings. The largest absolute Gasteiger partial charge is 0.481 e. The number of aromatic nitrogens is 3. The average molecular weight is 433 g/mol. The van der Waals surface area contributed by atoms with E-state index in [1.54, 1.807) is 30.3 Å². The fourth-order valence-corrected chi connectivity index (χ4v) is 3.25. The highest BCUT2D eigenvalue weighted by atomic mass is 19.1. The fraction of sp³-hybridized carbons (Fsp3) is 0.208. The van der Waals surface area contributed by atoms with Crippen molar-refractivity contribution in [2.24, 2.45) is 0 Å². The number of imidazole rings is 1. The maximum absolute atomic E-state index is 13.2.